The van der Waals surface area contributed by atoms with Crippen LogP contribution >= 0.6 is 33.8 Å². The second kappa shape index (κ2) is 31.1. The molecule has 0 N–H and O–H groups in total. The molecule has 200 valence electrons. The molecule has 0 rings (SSSR count). The standard InChI is InChI=1S/C29H59Cl3Si/c30-28-26-24-22-20-18-16-14-12-10-8-6-4-2-1-3-5-7-9-11-13-15-17-19-21-23-25-27-29-33(31)32/h33H,1-29H2. The van der Waals surface area contributed by atoms with Crippen molar-refractivity contribution in [3.8, 4) is 0 Å². The van der Waals surface area contributed by atoms with Crippen LogP contribution in [-0.4, -0.2) is 13.3 Å². The molecule has 0 aliphatic heterocycles. The van der Waals surface area contributed by atoms with E-state index in [1.54, 1.807) is 0 Å². The maximum absolute atomic E-state index is 5.89. The first-order valence-electron chi connectivity index (χ1n) is 15.1. The van der Waals surface area contributed by atoms with Gasteiger partial charge in [-0.1, -0.05) is 167 Å². The van der Waals surface area contributed by atoms with Gasteiger partial charge in [0.1, 0.15) is 0 Å². The van der Waals surface area contributed by atoms with Crippen molar-refractivity contribution in [1.82, 2.24) is 0 Å². The Morgan fingerprint density at radius 2 is 0.455 bits per heavy atom. The second-order valence-electron chi connectivity index (χ2n) is 10.4. The highest BCUT2D eigenvalue weighted by Crippen LogP contribution is 2.17. The second-order valence-corrected chi connectivity index (χ2v) is 16.0. The maximum atomic E-state index is 5.89. The van der Waals surface area contributed by atoms with E-state index in [1.165, 1.54) is 173 Å². The van der Waals surface area contributed by atoms with E-state index in [4.69, 9.17) is 33.8 Å². The van der Waals surface area contributed by atoms with Gasteiger partial charge in [-0.3, -0.25) is 0 Å². The molecule has 0 nitrogen and oxygen atoms in total. The van der Waals surface area contributed by atoms with Crippen molar-refractivity contribution in [2.75, 3.05) is 5.88 Å². The predicted octanol–water partition coefficient (Wildman–Crippen LogP) is 12.5. The molecule has 0 heterocycles. The van der Waals surface area contributed by atoms with Gasteiger partial charge >= 0.3 is 0 Å². The Morgan fingerprint density at radius 3 is 0.636 bits per heavy atom. The molecule has 0 unspecified atom stereocenters. The van der Waals surface area contributed by atoms with Crippen molar-refractivity contribution in [2.45, 2.75) is 179 Å². The Morgan fingerprint density at radius 1 is 0.273 bits per heavy atom. The zero-order chi connectivity index (χ0) is 24.1. The molecule has 0 aromatic carbocycles. The molecular weight excluding hydrogens is 483 g/mol. The van der Waals surface area contributed by atoms with Gasteiger partial charge in [0, 0.05) is 5.88 Å². The van der Waals surface area contributed by atoms with Crippen LogP contribution in [0.3, 0.4) is 0 Å². The summed E-state index contributed by atoms with van der Waals surface area (Å²) < 4.78 is 0. The molecule has 0 aliphatic rings. The Balaban J connectivity index is 3.00. The number of hydrogen-bond donors (Lipinski definition) is 0. The number of rotatable bonds is 29. The molecule has 0 fully saturated rings. The van der Waals surface area contributed by atoms with Gasteiger partial charge < -0.3 is 0 Å². The SMILES string of the molecule is ClCCCCCCCCCCCCCCCCCCCCCCCCCCCCC[SiH](Cl)Cl. The van der Waals surface area contributed by atoms with Gasteiger partial charge in [-0.15, -0.1) is 11.6 Å². The van der Waals surface area contributed by atoms with Crippen LogP contribution in [0, 0.1) is 0 Å². The quantitative estimate of drug-likeness (QED) is 0.0382. The maximum Gasteiger partial charge on any atom is 0.237 e. The summed E-state index contributed by atoms with van der Waals surface area (Å²) >= 11 is 17.5. The first-order chi connectivity index (χ1) is 16.3. The minimum atomic E-state index is -1.33. The van der Waals surface area contributed by atoms with Crippen molar-refractivity contribution >= 4 is 41.2 Å². The van der Waals surface area contributed by atoms with Crippen molar-refractivity contribution in [3.63, 3.8) is 0 Å². The number of alkyl halides is 1. The molecule has 0 saturated heterocycles. The van der Waals surface area contributed by atoms with Gasteiger partial charge in [0.25, 0.3) is 0 Å². The Kier molecular flexibility index (Phi) is 32.1. The monoisotopic (exact) mass is 540 g/mol. The lowest BCUT2D eigenvalue weighted by Crippen LogP contribution is -1.91. The van der Waals surface area contributed by atoms with Gasteiger partial charge in [0.15, 0.2) is 0 Å². The van der Waals surface area contributed by atoms with E-state index in [-0.39, 0.29) is 0 Å². The van der Waals surface area contributed by atoms with E-state index in [2.05, 4.69) is 0 Å². The Bertz CT molecular complexity index is 339. The van der Waals surface area contributed by atoms with Crippen LogP contribution < -0.4 is 0 Å². The lowest BCUT2D eigenvalue weighted by Gasteiger charge is -2.04. The fourth-order valence-corrected chi connectivity index (χ4v) is 6.52. The highest BCUT2D eigenvalue weighted by Gasteiger charge is 2.00. The smallest absolute Gasteiger partial charge is 0.150 e. The molecule has 33 heavy (non-hydrogen) atoms. The number of unbranched alkanes of at least 4 members (excludes halogenated alkanes) is 26. The molecule has 0 amide bonds. The van der Waals surface area contributed by atoms with E-state index < -0.39 is 7.42 Å². The van der Waals surface area contributed by atoms with E-state index >= 15 is 0 Å². The summed E-state index contributed by atoms with van der Waals surface area (Å²) in [5.41, 5.74) is 0. The molecule has 0 saturated carbocycles. The van der Waals surface area contributed by atoms with Crippen LogP contribution in [0.2, 0.25) is 6.04 Å². The van der Waals surface area contributed by atoms with Crippen LogP contribution in [0.4, 0.5) is 0 Å². The normalized spacial score (nSPS) is 11.6. The van der Waals surface area contributed by atoms with Crippen LogP contribution in [0.25, 0.3) is 0 Å². The van der Waals surface area contributed by atoms with Gasteiger partial charge in [-0.2, -0.15) is 22.2 Å². The molecular formula is C29H59Cl3Si. The minimum absolute atomic E-state index is 0.843. The summed E-state index contributed by atoms with van der Waals surface area (Å²) in [5, 5.41) is 0. The average molecular weight is 542 g/mol. The van der Waals surface area contributed by atoms with Crippen LogP contribution in [0.1, 0.15) is 173 Å². The third-order valence-electron chi connectivity index (χ3n) is 7.06. The zero-order valence-corrected chi connectivity index (χ0v) is 25.6. The van der Waals surface area contributed by atoms with Crippen molar-refractivity contribution in [2.24, 2.45) is 0 Å². The topological polar surface area (TPSA) is 0 Å². The zero-order valence-electron chi connectivity index (χ0n) is 22.2. The molecule has 0 aromatic rings. The average Bonchev–Trinajstić information content (AvgIpc) is 2.80. The van der Waals surface area contributed by atoms with Gasteiger partial charge in [0.2, 0.25) is 7.42 Å². The van der Waals surface area contributed by atoms with Gasteiger partial charge in [0.05, 0.1) is 0 Å². The summed E-state index contributed by atoms with van der Waals surface area (Å²) in [7, 11) is -1.33. The van der Waals surface area contributed by atoms with Crippen molar-refractivity contribution in [3.05, 3.63) is 0 Å². The van der Waals surface area contributed by atoms with Gasteiger partial charge in [-0.05, 0) is 12.5 Å². The Hall–Kier alpha value is 1.09. The van der Waals surface area contributed by atoms with E-state index in [0.29, 0.717) is 0 Å². The molecule has 0 aromatic heterocycles. The fourth-order valence-electron chi connectivity index (χ4n) is 4.81. The van der Waals surface area contributed by atoms with Crippen LogP contribution in [0.15, 0.2) is 0 Å². The molecule has 0 spiro atoms. The predicted molar refractivity (Wildman–Crippen MR) is 159 cm³/mol. The van der Waals surface area contributed by atoms with E-state index in [1.807, 2.05) is 0 Å². The summed E-state index contributed by atoms with van der Waals surface area (Å²) in [5.74, 6) is 0.843. The largest absolute Gasteiger partial charge is 0.237 e. The van der Waals surface area contributed by atoms with Crippen LogP contribution in [-0.2, 0) is 0 Å². The molecule has 0 aliphatic carbocycles. The fraction of sp³-hybridized carbons (Fsp3) is 1.00. The molecule has 0 bridgehead atoms. The van der Waals surface area contributed by atoms with E-state index in [0.717, 1.165) is 11.9 Å². The van der Waals surface area contributed by atoms with E-state index in [9.17, 15) is 0 Å². The highest BCUT2D eigenvalue weighted by atomic mass is 35.7. The summed E-state index contributed by atoms with van der Waals surface area (Å²) in [4.78, 5) is 0. The first-order valence-corrected chi connectivity index (χ1v) is 20.0. The summed E-state index contributed by atoms with van der Waals surface area (Å²) in [6, 6.07) is 1.10. The summed E-state index contributed by atoms with van der Waals surface area (Å²) in [6.07, 6.45) is 38.5. The van der Waals surface area contributed by atoms with Crippen molar-refractivity contribution < 1.29 is 0 Å². The molecule has 4 heteroatoms. The lowest BCUT2D eigenvalue weighted by atomic mass is 10.0. The summed E-state index contributed by atoms with van der Waals surface area (Å²) in [6.45, 7) is 0. The molecule has 0 radical (unpaired) electrons. The lowest BCUT2D eigenvalue weighted by molar-refractivity contribution is 0.515. The third kappa shape index (κ3) is 33.1. The number of hydrogen-bond acceptors (Lipinski definition) is 0. The molecule has 0 atom stereocenters. The Labute approximate surface area is 225 Å². The first kappa shape index (κ1) is 34.1. The van der Waals surface area contributed by atoms with Crippen LogP contribution in [0.5, 0.6) is 0 Å². The number of halogens is 3. The van der Waals surface area contributed by atoms with Gasteiger partial charge in [-0.25, -0.2) is 0 Å². The highest BCUT2D eigenvalue weighted by molar-refractivity contribution is 7.33. The van der Waals surface area contributed by atoms with Crippen molar-refractivity contribution in [1.29, 1.82) is 0 Å². The third-order valence-corrected chi connectivity index (χ3v) is 9.48. The minimum Gasteiger partial charge on any atom is -0.150 e.